The number of benzene rings is 2. The maximum atomic E-state index is 12.1. The van der Waals surface area contributed by atoms with E-state index in [2.05, 4.69) is 5.32 Å². The third-order valence-corrected chi connectivity index (χ3v) is 3.33. The Bertz CT molecular complexity index is 652. The van der Waals surface area contributed by atoms with Gasteiger partial charge < -0.3 is 10.1 Å². The summed E-state index contributed by atoms with van der Waals surface area (Å²) in [6.07, 6.45) is -0.837. The van der Waals surface area contributed by atoms with Gasteiger partial charge in [0.05, 0.1) is 5.56 Å². The van der Waals surface area contributed by atoms with Crippen LogP contribution >= 0.6 is 0 Å². The van der Waals surface area contributed by atoms with Gasteiger partial charge in [-0.2, -0.15) is 0 Å². The zero-order valence-corrected chi connectivity index (χ0v) is 12.7. The SMILES string of the molecule is Cc1ccccc1C(=O)O[C@H](C)C(=O)NCc1ccccc1. The molecule has 0 aliphatic rings. The van der Waals surface area contributed by atoms with Crippen molar-refractivity contribution in [3.63, 3.8) is 0 Å². The molecule has 0 unspecified atom stereocenters. The Morgan fingerprint density at radius 2 is 1.68 bits per heavy atom. The highest BCUT2D eigenvalue weighted by atomic mass is 16.5. The van der Waals surface area contributed by atoms with Gasteiger partial charge in [-0.1, -0.05) is 48.5 Å². The maximum absolute atomic E-state index is 12.1. The summed E-state index contributed by atoms with van der Waals surface area (Å²) in [6, 6.07) is 16.7. The van der Waals surface area contributed by atoms with E-state index in [9.17, 15) is 9.59 Å². The molecule has 0 heterocycles. The van der Waals surface area contributed by atoms with Crippen LogP contribution in [0.15, 0.2) is 54.6 Å². The van der Waals surface area contributed by atoms with Crippen LogP contribution in [0.3, 0.4) is 0 Å². The number of esters is 1. The first-order chi connectivity index (χ1) is 10.6. The van der Waals surface area contributed by atoms with Gasteiger partial charge in [0, 0.05) is 6.54 Å². The van der Waals surface area contributed by atoms with E-state index in [-0.39, 0.29) is 5.91 Å². The smallest absolute Gasteiger partial charge is 0.339 e. The number of aryl methyl sites for hydroxylation is 1. The zero-order valence-electron chi connectivity index (χ0n) is 12.7. The molecule has 114 valence electrons. The van der Waals surface area contributed by atoms with Gasteiger partial charge in [0.1, 0.15) is 0 Å². The highest BCUT2D eigenvalue weighted by Gasteiger charge is 2.19. The number of carbonyl (C=O) groups excluding carboxylic acids is 2. The molecule has 2 aromatic rings. The molecule has 2 aromatic carbocycles. The van der Waals surface area contributed by atoms with Gasteiger partial charge in [-0.3, -0.25) is 4.79 Å². The molecule has 0 aromatic heterocycles. The minimum absolute atomic E-state index is 0.314. The Morgan fingerprint density at radius 1 is 1.05 bits per heavy atom. The van der Waals surface area contributed by atoms with Gasteiger partial charge in [0.15, 0.2) is 6.10 Å². The minimum atomic E-state index is -0.837. The molecule has 4 nitrogen and oxygen atoms in total. The minimum Gasteiger partial charge on any atom is -0.449 e. The van der Waals surface area contributed by atoms with Crippen LogP contribution in [0.5, 0.6) is 0 Å². The average Bonchev–Trinajstić information content (AvgIpc) is 2.53. The monoisotopic (exact) mass is 297 g/mol. The molecule has 2 rings (SSSR count). The van der Waals surface area contributed by atoms with Crippen LogP contribution in [0.4, 0.5) is 0 Å². The van der Waals surface area contributed by atoms with E-state index in [1.165, 1.54) is 0 Å². The first kappa shape index (κ1) is 15.8. The highest BCUT2D eigenvalue weighted by Crippen LogP contribution is 2.10. The van der Waals surface area contributed by atoms with Crippen molar-refractivity contribution in [3.05, 3.63) is 71.3 Å². The number of hydrogen-bond donors (Lipinski definition) is 1. The van der Waals surface area contributed by atoms with Gasteiger partial charge >= 0.3 is 5.97 Å². The number of nitrogens with one attached hydrogen (secondary N) is 1. The third-order valence-electron chi connectivity index (χ3n) is 3.33. The molecule has 0 bridgehead atoms. The average molecular weight is 297 g/mol. The molecule has 0 radical (unpaired) electrons. The molecule has 0 aliphatic carbocycles. The molecule has 0 saturated heterocycles. The lowest BCUT2D eigenvalue weighted by Crippen LogP contribution is -2.35. The second kappa shape index (κ2) is 7.41. The largest absolute Gasteiger partial charge is 0.449 e. The number of ether oxygens (including phenoxy) is 1. The Kier molecular flexibility index (Phi) is 5.31. The van der Waals surface area contributed by atoms with E-state index in [1.54, 1.807) is 19.1 Å². The van der Waals surface area contributed by atoms with Crippen LogP contribution in [-0.4, -0.2) is 18.0 Å². The van der Waals surface area contributed by atoms with Crippen molar-refractivity contribution in [2.45, 2.75) is 26.5 Å². The summed E-state index contributed by atoms with van der Waals surface area (Å²) < 4.78 is 5.22. The summed E-state index contributed by atoms with van der Waals surface area (Å²) >= 11 is 0. The number of hydrogen-bond acceptors (Lipinski definition) is 3. The van der Waals surface area contributed by atoms with Crippen molar-refractivity contribution < 1.29 is 14.3 Å². The second-order valence-electron chi connectivity index (χ2n) is 5.07. The van der Waals surface area contributed by atoms with Crippen molar-refractivity contribution >= 4 is 11.9 Å². The first-order valence-electron chi connectivity index (χ1n) is 7.16. The van der Waals surface area contributed by atoms with Crippen LogP contribution in [-0.2, 0) is 16.1 Å². The Hall–Kier alpha value is -2.62. The fourth-order valence-corrected chi connectivity index (χ4v) is 2.01. The van der Waals surface area contributed by atoms with Crippen molar-refractivity contribution in [3.8, 4) is 0 Å². The molecule has 1 atom stereocenters. The molecule has 0 aliphatic heterocycles. The molecule has 0 fully saturated rings. The summed E-state index contributed by atoms with van der Waals surface area (Å²) in [5.41, 5.74) is 2.29. The number of carbonyl (C=O) groups is 2. The van der Waals surface area contributed by atoms with E-state index >= 15 is 0 Å². The van der Waals surface area contributed by atoms with E-state index in [1.807, 2.05) is 49.4 Å². The predicted octanol–water partition coefficient (Wildman–Crippen LogP) is 2.86. The lowest BCUT2D eigenvalue weighted by molar-refractivity contribution is -0.129. The maximum Gasteiger partial charge on any atom is 0.339 e. The van der Waals surface area contributed by atoms with Crippen molar-refractivity contribution in [1.82, 2.24) is 5.32 Å². The van der Waals surface area contributed by atoms with E-state index in [4.69, 9.17) is 4.74 Å². The van der Waals surface area contributed by atoms with Gasteiger partial charge in [0.25, 0.3) is 5.91 Å². The van der Waals surface area contributed by atoms with Crippen LogP contribution < -0.4 is 5.32 Å². The zero-order chi connectivity index (χ0) is 15.9. The molecule has 1 N–H and O–H groups in total. The Labute approximate surface area is 130 Å². The van der Waals surface area contributed by atoms with Crippen LogP contribution in [0.2, 0.25) is 0 Å². The van der Waals surface area contributed by atoms with Gasteiger partial charge in [0.2, 0.25) is 0 Å². The second-order valence-corrected chi connectivity index (χ2v) is 5.07. The Morgan fingerprint density at radius 3 is 2.36 bits per heavy atom. The van der Waals surface area contributed by atoms with E-state index in [0.29, 0.717) is 12.1 Å². The molecule has 22 heavy (non-hydrogen) atoms. The molecular formula is C18H19NO3. The molecular weight excluding hydrogens is 278 g/mol. The normalized spacial score (nSPS) is 11.5. The molecule has 4 heteroatoms. The quantitative estimate of drug-likeness (QED) is 0.863. The van der Waals surface area contributed by atoms with E-state index < -0.39 is 12.1 Å². The van der Waals surface area contributed by atoms with Gasteiger partial charge in [-0.05, 0) is 31.0 Å². The lowest BCUT2D eigenvalue weighted by Gasteiger charge is -2.14. The van der Waals surface area contributed by atoms with Gasteiger partial charge in [-0.15, -0.1) is 0 Å². The topological polar surface area (TPSA) is 55.4 Å². The van der Waals surface area contributed by atoms with Crippen molar-refractivity contribution in [2.24, 2.45) is 0 Å². The predicted molar refractivity (Wildman–Crippen MR) is 84.3 cm³/mol. The highest BCUT2D eigenvalue weighted by molar-refractivity contribution is 5.93. The fourth-order valence-electron chi connectivity index (χ4n) is 2.01. The number of rotatable bonds is 5. The summed E-state index contributed by atoms with van der Waals surface area (Å²) in [7, 11) is 0. The number of amides is 1. The summed E-state index contributed by atoms with van der Waals surface area (Å²) in [5.74, 6) is -0.800. The van der Waals surface area contributed by atoms with E-state index in [0.717, 1.165) is 11.1 Å². The Balaban J connectivity index is 1.89. The van der Waals surface area contributed by atoms with Crippen molar-refractivity contribution in [1.29, 1.82) is 0 Å². The first-order valence-corrected chi connectivity index (χ1v) is 7.16. The van der Waals surface area contributed by atoms with Gasteiger partial charge in [-0.25, -0.2) is 4.79 Å². The van der Waals surface area contributed by atoms with Crippen LogP contribution in [0, 0.1) is 6.92 Å². The van der Waals surface area contributed by atoms with Crippen LogP contribution in [0.25, 0.3) is 0 Å². The summed E-state index contributed by atoms with van der Waals surface area (Å²) in [5, 5.41) is 2.75. The molecule has 0 saturated carbocycles. The third kappa shape index (κ3) is 4.19. The lowest BCUT2D eigenvalue weighted by atomic mass is 10.1. The standard InChI is InChI=1S/C18H19NO3/c1-13-8-6-7-11-16(13)18(21)22-14(2)17(20)19-12-15-9-4-3-5-10-15/h3-11,14H,12H2,1-2H3,(H,19,20)/t14-/m1/s1. The van der Waals surface area contributed by atoms with Crippen molar-refractivity contribution in [2.75, 3.05) is 0 Å². The molecule has 1 amide bonds. The summed E-state index contributed by atoms with van der Waals surface area (Å²) in [4.78, 5) is 24.0. The fraction of sp³-hybridized carbons (Fsp3) is 0.222. The van der Waals surface area contributed by atoms with Crippen LogP contribution in [0.1, 0.15) is 28.4 Å². The molecule has 0 spiro atoms. The summed E-state index contributed by atoms with van der Waals surface area (Å²) in [6.45, 7) is 3.80.